The Kier molecular flexibility index (Phi) is 6.84. The molecule has 0 bridgehead atoms. The van der Waals surface area contributed by atoms with Gasteiger partial charge in [-0.25, -0.2) is 0 Å². The Labute approximate surface area is 123 Å². The SMILES string of the molecule is CC(=O)OCC(O)CCO[Si](F)(C(C)(C)C)C(C)(C)C. The van der Waals surface area contributed by atoms with E-state index in [9.17, 15) is 9.90 Å². The van der Waals surface area contributed by atoms with E-state index in [4.69, 9.17) is 9.16 Å². The topological polar surface area (TPSA) is 55.8 Å². The first kappa shape index (κ1) is 19.5. The van der Waals surface area contributed by atoms with Crippen molar-refractivity contribution in [1.29, 1.82) is 0 Å². The zero-order valence-corrected chi connectivity index (χ0v) is 14.7. The lowest BCUT2D eigenvalue weighted by molar-refractivity contribution is -0.144. The molecule has 0 spiro atoms. The average molecular weight is 308 g/mol. The number of halogens is 1. The molecular weight excluding hydrogens is 279 g/mol. The Hall–Kier alpha value is -0.463. The van der Waals surface area contributed by atoms with E-state index >= 15 is 4.11 Å². The zero-order chi connectivity index (χ0) is 16.2. The number of aliphatic hydroxyl groups excluding tert-OH is 1. The van der Waals surface area contributed by atoms with Gasteiger partial charge >= 0.3 is 14.6 Å². The van der Waals surface area contributed by atoms with Crippen molar-refractivity contribution in [2.45, 2.75) is 71.1 Å². The maximum absolute atomic E-state index is 15.3. The minimum Gasteiger partial charge on any atom is -0.463 e. The van der Waals surface area contributed by atoms with Crippen LogP contribution in [0.3, 0.4) is 0 Å². The van der Waals surface area contributed by atoms with E-state index in [1.165, 1.54) is 6.92 Å². The van der Waals surface area contributed by atoms with Gasteiger partial charge in [-0.15, -0.1) is 0 Å². The van der Waals surface area contributed by atoms with E-state index in [1.54, 1.807) is 0 Å². The van der Waals surface area contributed by atoms with Crippen LogP contribution in [-0.4, -0.2) is 39.0 Å². The first-order chi connectivity index (χ1) is 8.81. The van der Waals surface area contributed by atoms with Crippen LogP contribution in [0, 0.1) is 0 Å². The molecule has 6 heteroatoms. The van der Waals surface area contributed by atoms with Crippen LogP contribution in [-0.2, 0) is 14.0 Å². The number of hydrogen-bond donors (Lipinski definition) is 1. The smallest absolute Gasteiger partial charge is 0.394 e. The van der Waals surface area contributed by atoms with Crippen molar-refractivity contribution in [3.8, 4) is 0 Å². The summed E-state index contributed by atoms with van der Waals surface area (Å²) in [6, 6.07) is 0. The number of esters is 1. The fourth-order valence-electron chi connectivity index (χ4n) is 2.19. The molecule has 1 unspecified atom stereocenters. The molecule has 0 aromatic carbocycles. The van der Waals surface area contributed by atoms with Gasteiger partial charge in [-0.1, -0.05) is 41.5 Å². The molecule has 0 aromatic heterocycles. The fraction of sp³-hybridized carbons (Fsp3) is 0.929. The average Bonchev–Trinajstić information content (AvgIpc) is 2.22. The first-order valence-electron chi connectivity index (χ1n) is 6.95. The second kappa shape index (κ2) is 7.00. The van der Waals surface area contributed by atoms with Gasteiger partial charge in [-0.05, 0) is 6.42 Å². The zero-order valence-electron chi connectivity index (χ0n) is 13.7. The molecule has 1 atom stereocenters. The highest BCUT2D eigenvalue weighted by Gasteiger charge is 2.57. The molecular formula is C14H29FO4Si. The Morgan fingerprint density at radius 3 is 2.00 bits per heavy atom. The molecule has 4 nitrogen and oxygen atoms in total. The summed E-state index contributed by atoms with van der Waals surface area (Å²) >= 11 is 0. The van der Waals surface area contributed by atoms with E-state index in [2.05, 4.69) is 0 Å². The van der Waals surface area contributed by atoms with Gasteiger partial charge in [0.1, 0.15) is 6.61 Å². The predicted molar refractivity (Wildman–Crippen MR) is 79.5 cm³/mol. The summed E-state index contributed by atoms with van der Waals surface area (Å²) in [6.07, 6.45) is -0.574. The minimum absolute atomic E-state index is 0.0788. The van der Waals surface area contributed by atoms with Crippen LogP contribution in [0.15, 0.2) is 0 Å². The normalized spacial score (nSPS) is 15.1. The second-order valence-electron chi connectivity index (χ2n) is 7.19. The van der Waals surface area contributed by atoms with Crippen molar-refractivity contribution >= 4 is 14.6 Å². The molecule has 20 heavy (non-hydrogen) atoms. The van der Waals surface area contributed by atoms with Crippen LogP contribution >= 0.6 is 0 Å². The highest BCUT2D eigenvalue weighted by Crippen LogP contribution is 2.52. The summed E-state index contributed by atoms with van der Waals surface area (Å²) < 4.78 is 25.6. The molecule has 0 rings (SSSR count). The maximum atomic E-state index is 15.3. The molecule has 0 radical (unpaired) electrons. The van der Waals surface area contributed by atoms with E-state index in [0.29, 0.717) is 0 Å². The third-order valence-corrected chi connectivity index (χ3v) is 7.62. The molecule has 0 aromatic rings. The predicted octanol–water partition coefficient (Wildman–Crippen LogP) is 3.33. The van der Waals surface area contributed by atoms with Gasteiger partial charge in [-0.3, -0.25) is 8.90 Å². The molecule has 0 aliphatic carbocycles. The molecule has 0 amide bonds. The Balaban J connectivity index is 4.48. The van der Waals surface area contributed by atoms with Crippen LogP contribution in [0.25, 0.3) is 0 Å². The standard InChI is InChI=1S/C14H29FO4Si/c1-11(16)18-10-12(17)8-9-19-20(15,13(2,3)4)14(5,6)7/h12,17H,8-10H2,1-7H3. The van der Waals surface area contributed by atoms with Crippen molar-refractivity contribution in [2.24, 2.45) is 0 Å². The minimum atomic E-state index is -3.48. The van der Waals surface area contributed by atoms with Gasteiger partial charge in [0.05, 0.1) is 6.10 Å². The van der Waals surface area contributed by atoms with Crippen LogP contribution in [0.2, 0.25) is 10.1 Å². The van der Waals surface area contributed by atoms with E-state index in [-0.39, 0.29) is 19.6 Å². The molecule has 0 heterocycles. The van der Waals surface area contributed by atoms with Crippen molar-refractivity contribution in [1.82, 2.24) is 0 Å². The Morgan fingerprint density at radius 1 is 1.20 bits per heavy atom. The van der Waals surface area contributed by atoms with Gasteiger partial charge in [-0.2, -0.15) is 0 Å². The van der Waals surface area contributed by atoms with Gasteiger partial charge in [0.25, 0.3) is 0 Å². The van der Waals surface area contributed by atoms with Gasteiger partial charge in [0.2, 0.25) is 0 Å². The Morgan fingerprint density at radius 2 is 1.65 bits per heavy atom. The number of aliphatic hydroxyl groups is 1. The summed E-state index contributed by atoms with van der Waals surface area (Å²) in [7, 11) is -3.48. The number of hydrogen-bond acceptors (Lipinski definition) is 4. The van der Waals surface area contributed by atoms with Crippen LogP contribution in [0.5, 0.6) is 0 Å². The Bertz CT molecular complexity index is 306. The summed E-state index contributed by atoms with van der Waals surface area (Å²) in [5.41, 5.74) is 0. The summed E-state index contributed by atoms with van der Waals surface area (Å²) in [5, 5.41) is 8.54. The van der Waals surface area contributed by atoms with Crippen molar-refractivity contribution in [3.63, 3.8) is 0 Å². The molecule has 0 fully saturated rings. The third-order valence-electron chi connectivity index (χ3n) is 3.16. The lowest BCUT2D eigenvalue weighted by atomic mass is 10.2. The van der Waals surface area contributed by atoms with Crippen molar-refractivity contribution < 1.29 is 23.2 Å². The highest BCUT2D eigenvalue weighted by atomic mass is 28.4. The lowest BCUT2D eigenvalue weighted by Gasteiger charge is -2.43. The first-order valence-corrected chi connectivity index (χ1v) is 8.74. The maximum Gasteiger partial charge on any atom is 0.394 e. The number of rotatable bonds is 6. The molecule has 120 valence electrons. The molecule has 1 N–H and O–H groups in total. The van der Waals surface area contributed by atoms with Crippen molar-refractivity contribution in [3.05, 3.63) is 0 Å². The number of carbonyl (C=O) groups excluding carboxylic acids is 1. The van der Waals surface area contributed by atoms with Crippen LogP contribution in [0.4, 0.5) is 4.11 Å². The third kappa shape index (κ3) is 5.50. The second-order valence-corrected chi connectivity index (χ2v) is 11.7. The molecule has 0 saturated heterocycles. The fourth-order valence-corrected chi connectivity index (χ4v) is 5.71. The number of ether oxygens (including phenoxy) is 1. The van der Waals surface area contributed by atoms with Crippen LogP contribution < -0.4 is 0 Å². The van der Waals surface area contributed by atoms with E-state index in [1.807, 2.05) is 41.5 Å². The highest BCUT2D eigenvalue weighted by molar-refractivity contribution is 6.72. The molecule has 0 aliphatic heterocycles. The number of carbonyl (C=O) groups is 1. The van der Waals surface area contributed by atoms with E-state index in [0.717, 1.165) is 0 Å². The monoisotopic (exact) mass is 308 g/mol. The largest absolute Gasteiger partial charge is 0.463 e. The van der Waals surface area contributed by atoms with Gasteiger partial charge in [0.15, 0.2) is 0 Å². The van der Waals surface area contributed by atoms with Crippen LogP contribution in [0.1, 0.15) is 54.9 Å². The quantitative estimate of drug-likeness (QED) is 0.464. The van der Waals surface area contributed by atoms with Gasteiger partial charge in [0, 0.05) is 23.6 Å². The summed E-state index contributed by atoms with van der Waals surface area (Å²) in [4.78, 5) is 10.6. The molecule has 0 saturated carbocycles. The van der Waals surface area contributed by atoms with Crippen molar-refractivity contribution in [2.75, 3.05) is 13.2 Å². The van der Waals surface area contributed by atoms with Gasteiger partial charge < -0.3 is 14.3 Å². The summed E-state index contributed by atoms with van der Waals surface area (Å²) in [5.74, 6) is -0.441. The van der Waals surface area contributed by atoms with E-state index < -0.39 is 30.8 Å². The lowest BCUT2D eigenvalue weighted by Crippen LogP contribution is -2.51. The summed E-state index contributed by atoms with van der Waals surface area (Å²) in [6.45, 7) is 12.4. The molecule has 0 aliphatic rings.